The maximum absolute atomic E-state index is 9.25. The van der Waals surface area contributed by atoms with Gasteiger partial charge in [-0.05, 0) is 32.1 Å². The van der Waals surface area contributed by atoms with Gasteiger partial charge in [-0.3, -0.25) is 0 Å². The van der Waals surface area contributed by atoms with Crippen LogP contribution in [0.1, 0.15) is 32.1 Å². The van der Waals surface area contributed by atoms with Crippen molar-refractivity contribution in [3.63, 3.8) is 0 Å². The summed E-state index contributed by atoms with van der Waals surface area (Å²) >= 11 is 0. The molecule has 1 heterocycles. The highest BCUT2D eigenvalue weighted by atomic mass is 16.5. The fourth-order valence-electron chi connectivity index (χ4n) is 2.61. The molecule has 0 radical (unpaired) electrons. The number of rotatable bonds is 4. The molecule has 2 fully saturated rings. The highest BCUT2D eigenvalue weighted by Gasteiger charge is 2.33. The molecule has 2 rings (SSSR count). The second kappa shape index (κ2) is 5.45. The smallest absolute Gasteiger partial charge is 0.0612 e. The lowest BCUT2D eigenvalue weighted by Crippen LogP contribution is -2.49. The summed E-state index contributed by atoms with van der Waals surface area (Å²) in [4.78, 5) is 0. The summed E-state index contributed by atoms with van der Waals surface area (Å²) in [5, 5.41) is 9.25. The van der Waals surface area contributed by atoms with Crippen LogP contribution in [0.5, 0.6) is 0 Å². The van der Waals surface area contributed by atoms with E-state index in [0.29, 0.717) is 5.92 Å². The predicted octanol–water partition coefficient (Wildman–Crippen LogP) is 0.672. The molecule has 3 atom stereocenters. The van der Waals surface area contributed by atoms with Gasteiger partial charge in [0.2, 0.25) is 0 Å². The van der Waals surface area contributed by atoms with E-state index in [0.717, 1.165) is 51.9 Å². The molecule has 0 aromatic heterocycles. The zero-order valence-corrected chi connectivity index (χ0v) is 9.86. The molecule has 0 bridgehead atoms. The van der Waals surface area contributed by atoms with E-state index in [1.54, 1.807) is 0 Å². The van der Waals surface area contributed by atoms with Crippen molar-refractivity contribution in [3.05, 3.63) is 0 Å². The van der Waals surface area contributed by atoms with Crippen molar-refractivity contribution in [1.29, 1.82) is 0 Å². The van der Waals surface area contributed by atoms with Crippen molar-refractivity contribution in [1.82, 2.24) is 0 Å². The van der Waals surface area contributed by atoms with Gasteiger partial charge in [-0.25, -0.2) is 0 Å². The molecule has 3 N–H and O–H groups in total. The highest BCUT2D eigenvalue weighted by molar-refractivity contribution is 4.90. The van der Waals surface area contributed by atoms with Crippen LogP contribution in [0, 0.1) is 5.92 Å². The van der Waals surface area contributed by atoms with E-state index in [9.17, 15) is 5.11 Å². The number of ether oxygens (including phenoxy) is 2. The molecule has 4 nitrogen and oxygen atoms in total. The first-order chi connectivity index (χ1) is 7.72. The molecular weight excluding hydrogens is 206 g/mol. The summed E-state index contributed by atoms with van der Waals surface area (Å²) < 4.78 is 11.2. The van der Waals surface area contributed by atoms with Crippen LogP contribution in [-0.2, 0) is 9.47 Å². The first kappa shape index (κ1) is 12.3. The minimum atomic E-state index is -0.408. The quantitative estimate of drug-likeness (QED) is 0.743. The van der Waals surface area contributed by atoms with Gasteiger partial charge in [0.1, 0.15) is 0 Å². The van der Waals surface area contributed by atoms with Crippen LogP contribution in [0.15, 0.2) is 0 Å². The summed E-state index contributed by atoms with van der Waals surface area (Å²) in [6, 6.07) is 0. The Bertz CT molecular complexity index is 218. The number of aliphatic hydroxyl groups excluding tert-OH is 1. The number of hydrogen-bond acceptors (Lipinski definition) is 4. The van der Waals surface area contributed by atoms with Crippen LogP contribution < -0.4 is 5.73 Å². The number of nitrogens with two attached hydrogens (primary N) is 1. The summed E-state index contributed by atoms with van der Waals surface area (Å²) in [5.74, 6) is 0.559. The fourth-order valence-corrected chi connectivity index (χ4v) is 2.61. The van der Waals surface area contributed by atoms with E-state index in [1.165, 1.54) is 0 Å². The Balaban J connectivity index is 1.72. The molecule has 1 aliphatic heterocycles. The Morgan fingerprint density at radius 3 is 3.00 bits per heavy atom. The molecule has 1 saturated carbocycles. The minimum absolute atomic E-state index is 0.0688. The van der Waals surface area contributed by atoms with Gasteiger partial charge in [-0.1, -0.05) is 0 Å². The van der Waals surface area contributed by atoms with E-state index in [1.807, 2.05) is 0 Å². The van der Waals surface area contributed by atoms with E-state index in [4.69, 9.17) is 15.2 Å². The fraction of sp³-hybridized carbons (Fsp3) is 1.00. The standard InChI is InChI=1S/C12H23NO3/c13-12(9-14)4-1-2-11(6-12)16-8-10-3-5-15-7-10/h10-11,14H,1-9,13H2. The SMILES string of the molecule is NC1(CO)CCCC(OCC2CCOC2)C1. The van der Waals surface area contributed by atoms with Gasteiger partial charge in [0.05, 0.1) is 25.9 Å². The second-order valence-electron chi connectivity index (χ2n) is 5.30. The Labute approximate surface area is 97.1 Å². The lowest BCUT2D eigenvalue weighted by atomic mass is 9.81. The minimum Gasteiger partial charge on any atom is -0.394 e. The third-order valence-electron chi connectivity index (χ3n) is 3.74. The molecular formula is C12H23NO3. The molecule has 0 aromatic carbocycles. The molecule has 16 heavy (non-hydrogen) atoms. The third-order valence-corrected chi connectivity index (χ3v) is 3.74. The Morgan fingerprint density at radius 2 is 2.31 bits per heavy atom. The first-order valence-corrected chi connectivity index (χ1v) is 6.31. The third kappa shape index (κ3) is 3.17. The van der Waals surface area contributed by atoms with Gasteiger partial charge in [0.15, 0.2) is 0 Å². The van der Waals surface area contributed by atoms with Crippen molar-refractivity contribution in [3.8, 4) is 0 Å². The van der Waals surface area contributed by atoms with Crippen LogP contribution in [-0.4, -0.2) is 43.2 Å². The molecule has 0 spiro atoms. The molecule has 3 unspecified atom stereocenters. The Morgan fingerprint density at radius 1 is 1.44 bits per heavy atom. The zero-order chi connectivity index (χ0) is 11.4. The van der Waals surface area contributed by atoms with E-state index >= 15 is 0 Å². The lowest BCUT2D eigenvalue weighted by molar-refractivity contribution is -0.0209. The normalized spacial score (nSPS) is 40.1. The maximum atomic E-state index is 9.25. The van der Waals surface area contributed by atoms with Gasteiger partial charge < -0.3 is 20.3 Å². The highest BCUT2D eigenvalue weighted by Crippen LogP contribution is 2.28. The van der Waals surface area contributed by atoms with E-state index in [2.05, 4.69) is 0 Å². The van der Waals surface area contributed by atoms with E-state index in [-0.39, 0.29) is 12.7 Å². The molecule has 94 valence electrons. The van der Waals surface area contributed by atoms with Crippen molar-refractivity contribution < 1.29 is 14.6 Å². The second-order valence-corrected chi connectivity index (χ2v) is 5.30. The average molecular weight is 229 g/mol. The van der Waals surface area contributed by atoms with Crippen LogP contribution >= 0.6 is 0 Å². The lowest BCUT2D eigenvalue weighted by Gasteiger charge is -2.36. The summed E-state index contributed by atoms with van der Waals surface area (Å²) in [6.07, 6.45) is 5.18. The van der Waals surface area contributed by atoms with Crippen molar-refractivity contribution in [2.75, 3.05) is 26.4 Å². The Kier molecular flexibility index (Phi) is 4.19. The van der Waals surface area contributed by atoms with Gasteiger partial charge in [-0.2, -0.15) is 0 Å². The monoisotopic (exact) mass is 229 g/mol. The summed E-state index contributed by atoms with van der Waals surface area (Å²) in [6.45, 7) is 2.56. The van der Waals surface area contributed by atoms with Crippen LogP contribution in [0.25, 0.3) is 0 Å². The van der Waals surface area contributed by atoms with Gasteiger partial charge in [0.25, 0.3) is 0 Å². The number of aliphatic hydroxyl groups is 1. The van der Waals surface area contributed by atoms with Crippen molar-refractivity contribution in [2.24, 2.45) is 11.7 Å². The molecule has 1 aliphatic carbocycles. The van der Waals surface area contributed by atoms with E-state index < -0.39 is 5.54 Å². The molecule has 0 amide bonds. The topological polar surface area (TPSA) is 64.7 Å². The van der Waals surface area contributed by atoms with Crippen molar-refractivity contribution >= 4 is 0 Å². The largest absolute Gasteiger partial charge is 0.394 e. The van der Waals surface area contributed by atoms with Crippen LogP contribution in [0.4, 0.5) is 0 Å². The summed E-state index contributed by atoms with van der Waals surface area (Å²) in [7, 11) is 0. The zero-order valence-electron chi connectivity index (χ0n) is 9.86. The number of hydrogen-bond donors (Lipinski definition) is 2. The van der Waals surface area contributed by atoms with Gasteiger partial charge in [0, 0.05) is 18.1 Å². The average Bonchev–Trinajstić information content (AvgIpc) is 2.80. The van der Waals surface area contributed by atoms with Crippen molar-refractivity contribution in [2.45, 2.75) is 43.7 Å². The van der Waals surface area contributed by atoms with Gasteiger partial charge >= 0.3 is 0 Å². The Hall–Kier alpha value is -0.160. The van der Waals surface area contributed by atoms with Crippen LogP contribution in [0.3, 0.4) is 0 Å². The summed E-state index contributed by atoms with van der Waals surface area (Å²) in [5.41, 5.74) is 5.67. The first-order valence-electron chi connectivity index (χ1n) is 6.31. The molecule has 0 aromatic rings. The predicted molar refractivity (Wildman–Crippen MR) is 61.1 cm³/mol. The molecule has 2 aliphatic rings. The van der Waals surface area contributed by atoms with Crippen LogP contribution in [0.2, 0.25) is 0 Å². The molecule has 4 heteroatoms. The maximum Gasteiger partial charge on any atom is 0.0612 e. The van der Waals surface area contributed by atoms with Gasteiger partial charge in [-0.15, -0.1) is 0 Å². The molecule has 1 saturated heterocycles.